The van der Waals surface area contributed by atoms with Crippen molar-refractivity contribution in [3.05, 3.63) is 34.2 Å². The summed E-state index contributed by atoms with van der Waals surface area (Å²) in [4.78, 5) is 0. The van der Waals surface area contributed by atoms with Gasteiger partial charge in [0.25, 0.3) is 0 Å². The highest BCUT2D eigenvalue weighted by molar-refractivity contribution is 9.10. The summed E-state index contributed by atoms with van der Waals surface area (Å²) in [5.74, 6) is -0.318. The van der Waals surface area contributed by atoms with E-state index in [-0.39, 0.29) is 41.0 Å². The number of ether oxygens (including phenoxy) is 1. The molecule has 0 saturated heterocycles. The molecule has 142 valence electrons. The number of nitrogens with zero attached hydrogens (tertiary/aromatic N) is 2. The number of hydrogen-bond acceptors (Lipinski definition) is 9. The molecule has 10 nitrogen and oxygen atoms in total. The van der Waals surface area contributed by atoms with Crippen LogP contribution in [0.3, 0.4) is 0 Å². The van der Waals surface area contributed by atoms with Crippen LogP contribution in [0.2, 0.25) is 0 Å². The maximum absolute atomic E-state index is 13.3. The molecule has 0 radical (unpaired) electrons. The molecule has 0 fully saturated rings. The quantitative estimate of drug-likeness (QED) is 0.213. The molecule has 1 aromatic carbocycles. The lowest BCUT2D eigenvalue weighted by atomic mass is 10.3. The minimum Gasteiger partial charge on any atom is -0.579 e. The van der Waals surface area contributed by atoms with E-state index in [0.29, 0.717) is 5.69 Å². The number of nitrogens with one attached hydrogen (secondary N) is 4. The molecule has 0 aliphatic heterocycles. The SMILES string of the molecule is COCC(CNc1nonc1C(=N)Nc1ccc(F)c(Br)c1)N[S@+](N)[O-]. The van der Waals surface area contributed by atoms with Crippen LogP contribution in [0, 0.1) is 11.2 Å². The summed E-state index contributed by atoms with van der Waals surface area (Å²) >= 11 is 1.37. The molecule has 0 aliphatic carbocycles. The Bertz CT molecular complexity index is 748. The van der Waals surface area contributed by atoms with Crippen LogP contribution in [0.4, 0.5) is 15.9 Å². The second-order valence-corrected chi connectivity index (χ2v) is 6.72. The van der Waals surface area contributed by atoms with Crippen LogP contribution in [0.1, 0.15) is 5.69 Å². The fraction of sp³-hybridized carbons (Fsp3) is 0.308. The van der Waals surface area contributed by atoms with Crippen molar-refractivity contribution in [3.63, 3.8) is 0 Å². The normalized spacial score (nSPS) is 13.3. The standard InChI is InChI=1S/C13H17BrFN7O3S/c1-24-6-8(22-26(17)23)5-18-13-11(20-25-21-13)12(16)19-7-2-3-10(15)9(14)4-7/h2-4,8,22H,5-6,17H2,1H3,(H2,16,19)(H,18,21)/t8?,26-/m0/s1. The largest absolute Gasteiger partial charge is 0.579 e. The fourth-order valence-corrected chi connectivity index (χ4v) is 2.82. The Balaban J connectivity index is 2.02. The third kappa shape index (κ3) is 5.89. The highest BCUT2D eigenvalue weighted by Gasteiger charge is 2.19. The molecule has 13 heteroatoms. The smallest absolute Gasteiger partial charge is 0.202 e. The Morgan fingerprint density at radius 2 is 2.31 bits per heavy atom. The molecule has 6 N–H and O–H groups in total. The van der Waals surface area contributed by atoms with E-state index in [2.05, 4.69) is 46.2 Å². The molecule has 0 amide bonds. The zero-order valence-electron chi connectivity index (χ0n) is 13.6. The van der Waals surface area contributed by atoms with Crippen molar-refractivity contribution in [3.8, 4) is 0 Å². The van der Waals surface area contributed by atoms with Crippen LogP contribution in [-0.4, -0.2) is 47.0 Å². The average Bonchev–Trinajstić information content (AvgIpc) is 3.04. The zero-order chi connectivity index (χ0) is 19.1. The average molecular weight is 450 g/mol. The molecule has 0 saturated carbocycles. The lowest BCUT2D eigenvalue weighted by molar-refractivity contribution is 0.178. The first-order valence-corrected chi connectivity index (χ1v) is 9.20. The molecule has 1 aromatic heterocycles. The Morgan fingerprint density at radius 1 is 1.54 bits per heavy atom. The molecule has 2 atom stereocenters. The predicted octanol–water partition coefficient (Wildman–Crippen LogP) is 0.963. The number of amidine groups is 1. The van der Waals surface area contributed by atoms with E-state index in [1.54, 1.807) is 0 Å². The highest BCUT2D eigenvalue weighted by Crippen LogP contribution is 2.21. The topological polar surface area (TPSA) is 157 Å². The van der Waals surface area contributed by atoms with Gasteiger partial charge in [-0.3, -0.25) is 5.41 Å². The number of anilines is 2. The lowest BCUT2D eigenvalue weighted by Gasteiger charge is -2.17. The highest BCUT2D eigenvalue weighted by atomic mass is 79.9. The third-order valence-electron chi connectivity index (χ3n) is 3.08. The molecule has 1 unspecified atom stereocenters. The van der Waals surface area contributed by atoms with E-state index in [4.69, 9.17) is 15.3 Å². The molecule has 26 heavy (non-hydrogen) atoms. The summed E-state index contributed by atoms with van der Waals surface area (Å²) in [5, 5.41) is 26.4. The van der Waals surface area contributed by atoms with Crippen molar-refractivity contribution in [2.45, 2.75) is 6.04 Å². The number of benzene rings is 1. The molecular weight excluding hydrogens is 433 g/mol. The van der Waals surface area contributed by atoms with Crippen molar-refractivity contribution in [2.75, 3.05) is 30.9 Å². The van der Waals surface area contributed by atoms with E-state index >= 15 is 0 Å². The summed E-state index contributed by atoms with van der Waals surface area (Å²) in [5.41, 5.74) is 0.602. The third-order valence-corrected chi connectivity index (χ3v) is 4.25. The molecule has 0 aliphatic rings. The van der Waals surface area contributed by atoms with E-state index < -0.39 is 17.4 Å². The Morgan fingerprint density at radius 3 is 2.96 bits per heavy atom. The molecule has 2 rings (SSSR count). The van der Waals surface area contributed by atoms with Gasteiger partial charge >= 0.3 is 0 Å². The number of aromatic nitrogens is 2. The maximum atomic E-state index is 13.3. The van der Waals surface area contributed by atoms with Crippen molar-refractivity contribution in [1.82, 2.24) is 15.0 Å². The summed E-state index contributed by atoms with van der Waals surface area (Å²) in [6.07, 6.45) is 0. The summed E-state index contributed by atoms with van der Waals surface area (Å²) < 4.78 is 36.9. The number of methoxy groups -OCH3 is 1. The number of hydrogen-bond donors (Lipinski definition) is 5. The Labute approximate surface area is 160 Å². The lowest BCUT2D eigenvalue weighted by Crippen LogP contribution is -2.45. The second-order valence-electron chi connectivity index (χ2n) is 5.04. The van der Waals surface area contributed by atoms with Gasteiger partial charge in [-0.15, -0.1) is 9.86 Å². The van der Waals surface area contributed by atoms with Gasteiger partial charge in [0.05, 0.1) is 17.1 Å². The van der Waals surface area contributed by atoms with Gasteiger partial charge in [-0.2, -0.15) is 0 Å². The molecular formula is C13H17BrFN7O3S. The van der Waals surface area contributed by atoms with Crippen molar-refractivity contribution in [1.29, 1.82) is 5.41 Å². The van der Waals surface area contributed by atoms with Crippen LogP contribution in [0.5, 0.6) is 0 Å². The predicted molar refractivity (Wildman–Crippen MR) is 98.5 cm³/mol. The number of rotatable bonds is 9. The van der Waals surface area contributed by atoms with Crippen LogP contribution >= 0.6 is 15.9 Å². The van der Waals surface area contributed by atoms with Crippen molar-refractivity contribution in [2.24, 2.45) is 5.14 Å². The monoisotopic (exact) mass is 449 g/mol. The van der Waals surface area contributed by atoms with Crippen molar-refractivity contribution >= 4 is 44.8 Å². The number of nitrogens with two attached hydrogens (primary N) is 1. The summed E-state index contributed by atoms with van der Waals surface area (Å²) in [6, 6.07) is 3.85. The summed E-state index contributed by atoms with van der Waals surface area (Å²) in [7, 11) is 1.50. The molecule has 0 bridgehead atoms. The van der Waals surface area contributed by atoms with E-state index in [9.17, 15) is 8.94 Å². The van der Waals surface area contributed by atoms with E-state index in [1.165, 1.54) is 25.3 Å². The molecule has 1 heterocycles. The van der Waals surface area contributed by atoms with Crippen LogP contribution in [0.15, 0.2) is 27.3 Å². The van der Waals surface area contributed by atoms with Crippen LogP contribution < -0.4 is 20.5 Å². The van der Waals surface area contributed by atoms with Crippen LogP contribution in [0.25, 0.3) is 0 Å². The van der Waals surface area contributed by atoms with E-state index in [1.807, 2.05) is 0 Å². The van der Waals surface area contributed by atoms with Gasteiger partial charge in [-0.1, -0.05) is 0 Å². The molecule has 2 aromatic rings. The first-order valence-electron chi connectivity index (χ1n) is 7.19. The summed E-state index contributed by atoms with van der Waals surface area (Å²) in [6.45, 7) is 0.489. The van der Waals surface area contributed by atoms with Gasteiger partial charge < -0.3 is 19.9 Å². The van der Waals surface area contributed by atoms with Gasteiger partial charge in [0.2, 0.25) is 5.82 Å². The Hall–Kier alpha value is -1.77. The number of halogens is 2. The minimum absolute atomic E-state index is 0.106. The van der Waals surface area contributed by atoms with Crippen LogP contribution in [-0.2, 0) is 16.3 Å². The molecule has 0 spiro atoms. The Kier molecular flexibility index (Phi) is 7.74. The van der Waals surface area contributed by atoms with Gasteiger partial charge in [-0.25, -0.2) is 9.02 Å². The van der Waals surface area contributed by atoms with Gasteiger partial charge in [0.15, 0.2) is 11.5 Å². The van der Waals surface area contributed by atoms with Crippen molar-refractivity contribution < 1.29 is 18.3 Å². The second kappa shape index (κ2) is 9.80. The zero-order valence-corrected chi connectivity index (χ0v) is 16.0. The van der Waals surface area contributed by atoms with Gasteiger partial charge in [0, 0.05) is 19.3 Å². The van der Waals surface area contributed by atoms with E-state index in [0.717, 1.165) is 0 Å². The minimum atomic E-state index is -1.71. The van der Waals surface area contributed by atoms with Gasteiger partial charge in [-0.05, 0) is 44.4 Å². The first kappa shape index (κ1) is 20.5. The van der Waals surface area contributed by atoms with Gasteiger partial charge in [0.1, 0.15) is 17.4 Å². The first-order chi connectivity index (χ1) is 12.4. The fourth-order valence-electron chi connectivity index (χ4n) is 1.97. The maximum Gasteiger partial charge on any atom is 0.202 e.